The minimum Gasteiger partial charge on any atom is -0.287 e. The van der Waals surface area contributed by atoms with E-state index < -0.39 is 0 Å². The van der Waals surface area contributed by atoms with Gasteiger partial charge in [-0.2, -0.15) is 5.10 Å². The Hall–Kier alpha value is -3.33. The van der Waals surface area contributed by atoms with E-state index in [0.29, 0.717) is 11.3 Å². The van der Waals surface area contributed by atoms with Crippen molar-refractivity contribution in [3.8, 4) is 0 Å². The van der Waals surface area contributed by atoms with Crippen molar-refractivity contribution < 1.29 is 4.79 Å². The number of hydrogen-bond donors (Lipinski definition) is 0. The molecule has 0 fully saturated rings. The summed E-state index contributed by atoms with van der Waals surface area (Å²) in [5.41, 5.74) is 6.21. The highest BCUT2D eigenvalue weighted by Crippen LogP contribution is 2.15. The van der Waals surface area contributed by atoms with Crippen molar-refractivity contribution in [3.63, 3.8) is 0 Å². The van der Waals surface area contributed by atoms with Crippen LogP contribution in [-0.2, 0) is 0 Å². The lowest BCUT2D eigenvalue weighted by atomic mass is 10.0. The van der Waals surface area contributed by atoms with Crippen LogP contribution in [0.4, 0.5) is 0 Å². The highest BCUT2D eigenvalue weighted by Gasteiger charge is 2.16. The molecule has 27 heavy (non-hydrogen) atoms. The average Bonchev–Trinajstić information content (AvgIpc) is 2.68. The minimum atomic E-state index is -0.142. The number of benzene rings is 3. The maximum absolute atomic E-state index is 13.0. The van der Waals surface area contributed by atoms with E-state index in [2.05, 4.69) is 43.1 Å². The second kappa shape index (κ2) is 8.37. The standard InChI is InChI=1S/C24H22N2O/c1-17-14-18(2)22(19(3)15-17)16-25-26-23(20-10-6-4-7-11-20)24(27)21-12-8-5-9-13-21/h4-16H,1-3H3. The maximum atomic E-state index is 13.0. The van der Waals surface area contributed by atoms with Gasteiger partial charge in [0.2, 0.25) is 5.78 Å². The van der Waals surface area contributed by atoms with E-state index in [-0.39, 0.29) is 5.78 Å². The molecule has 3 rings (SSSR count). The first-order chi connectivity index (χ1) is 13.1. The van der Waals surface area contributed by atoms with Crippen molar-refractivity contribution in [1.82, 2.24) is 0 Å². The van der Waals surface area contributed by atoms with Gasteiger partial charge in [0.1, 0.15) is 5.71 Å². The third-order valence-electron chi connectivity index (χ3n) is 4.38. The molecule has 0 saturated heterocycles. The Balaban J connectivity index is 2.00. The summed E-state index contributed by atoms with van der Waals surface area (Å²) in [4.78, 5) is 13.0. The lowest BCUT2D eigenvalue weighted by molar-refractivity contribution is 0.106. The van der Waals surface area contributed by atoms with Crippen LogP contribution in [0.3, 0.4) is 0 Å². The number of rotatable bonds is 5. The number of aryl methyl sites for hydroxylation is 3. The zero-order chi connectivity index (χ0) is 19.2. The first-order valence-corrected chi connectivity index (χ1v) is 8.90. The summed E-state index contributed by atoms with van der Waals surface area (Å²) in [5.74, 6) is -0.142. The number of Topliss-reactive ketones (excluding diaryl/α,β-unsaturated/α-hetero) is 1. The van der Waals surface area contributed by atoms with Crippen LogP contribution in [0.5, 0.6) is 0 Å². The second-order valence-electron chi connectivity index (χ2n) is 6.57. The normalized spacial score (nSPS) is 11.7. The van der Waals surface area contributed by atoms with Gasteiger partial charge >= 0.3 is 0 Å². The fourth-order valence-corrected chi connectivity index (χ4v) is 3.10. The highest BCUT2D eigenvalue weighted by atomic mass is 16.1. The van der Waals surface area contributed by atoms with Gasteiger partial charge in [0, 0.05) is 16.7 Å². The minimum absolute atomic E-state index is 0.142. The summed E-state index contributed by atoms with van der Waals surface area (Å²) < 4.78 is 0. The molecule has 0 heterocycles. The van der Waals surface area contributed by atoms with Crippen molar-refractivity contribution in [2.75, 3.05) is 0 Å². The largest absolute Gasteiger partial charge is 0.287 e. The first kappa shape index (κ1) is 18.5. The molecule has 0 aliphatic heterocycles. The molecule has 3 aromatic carbocycles. The molecule has 3 heteroatoms. The molecule has 0 atom stereocenters. The molecule has 3 nitrogen and oxygen atoms in total. The molecule has 0 unspecified atom stereocenters. The zero-order valence-corrected chi connectivity index (χ0v) is 15.8. The number of nitrogens with zero attached hydrogens (tertiary/aromatic N) is 2. The van der Waals surface area contributed by atoms with Crippen LogP contribution in [0.25, 0.3) is 0 Å². The first-order valence-electron chi connectivity index (χ1n) is 8.90. The summed E-state index contributed by atoms with van der Waals surface area (Å²) in [6.07, 6.45) is 1.73. The van der Waals surface area contributed by atoms with E-state index in [9.17, 15) is 4.79 Å². The molecule has 0 N–H and O–H groups in total. The Bertz CT molecular complexity index is 980. The Morgan fingerprint density at radius 1 is 0.778 bits per heavy atom. The molecular weight excluding hydrogens is 332 g/mol. The van der Waals surface area contributed by atoms with Crippen LogP contribution in [0, 0.1) is 20.8 Å². The molecule has 0 aromatic heterocycles. The smallest absolute Gasteiger partial charge is 0.213 e. The van der Waals surface area contributed by atoms with E-state index in [4.69, 9.17) is 0 Å². The molecule has 3 aromatic rings. The SMILES string of the molecule is Cc1cc(C)c(C=NN=C(C(=O)c2ccccc2)c2ccccc2)c(C)c1. The molecular formula is C24H22N2O. The Morgan fingerprint density at radius 2 is 1.30 bits per heavy atom. The molecule has 134 valence electrons. The van der Waals surface area contributed by atoms with Crippen LogP contribution < -0.4 is 0 Å². The third kappa shape index (κ3) is 4.45. The van der Waals surface area contributed by atoms with Gasteiger partial charge in [-0.15, -0.1) is 5.10 Å². The molecule has 0 spiro atoms. The van der Waals surface area contributed by atoms with Gasteiger partial charge < -0.3 is 0 Å². The molecule has 0 saturated carbocycles. The summed E-state index contributed by atoms with van der Waals surface area (Å²) in [6.45, 7) is 6.18. The zero-order valence-electron chi connectivity index (χ0n) is 15.8. The number of carbonyl (C=O) groups excluding carboxylic acids is 1. The van der Waals surface area contributed by atoms with Crippen LogP contribution in [0.1, 0.15) is 38.2 Å². The van der Waals surface area contributed by atoms with Crippen molar-refractivity contribution in [3.05, 3.63) is 106 Å². The van der Waals surface area contributed by atoms with Gasteiger partial charge in [-0.3, -0.25) is 4.79 Å². The lowest BCUT2D eigenvalue weighted by Crippen LogP contribution is -2.15. The van der Waals surface area contributed by atoms with E-state index in [0.717, 1.165) is 22.3 Å². The number of carbonyl (C=O) groups is 1. The van der Waals surface area contributed by atoms with Crippen molar-refractivity contribution >= 4 is 17.7 Å². The second-order valence-corrected chi connectivity index (χ2v) is 6.57. The van der Waals surface area contributed by atoms with Gasteiger partial charge in [-0.1, -0.05) is 78.4 Å². The predicted octanol–water partition coefficient (Wildman–Crippen LogP) is 5.32. The maximum Gasteiger partial charge on any atom is 0.213 e. The number of ketones is 1. The van der Waals surface area contributed by atoms with Gasteiger partial charge in [0.25, 0.3) is 0 Å². The van der Waals surface area contributed by atoms with E-state index in [1.54, 1.807) is 18.3 Å². The van der Waals surface area contributed by atoms with Gasteiger partial charge in [0.05, 0.1) is 6.21 Å². The van der Waals surface area contributed by atoms with Crippen molar-refractivity contribution in [1.29, 1.82) is 0 Å². The van der Waals surface area contributed by atoms with Gasteiger partial charge in [-0.25, -0.2) is 0 Å². The molecule has 0 amide bonds. The number of hydrogen-bond acceptors (Lipinski definition) is 3. The summed E-state index contributed by atoms with van der Waals surface area (Å²) in [5, 5.41) is 8.57. The Labute approximate surface area is 160 Å². The van der Waals surface area contributed by atoms with Crippen molar-refractivity contribution in [2.24, 2.45) is 10.2 Å². The van der Waals surface area contributed by atoms with Gasteiger partial charge in [-0.05, 0) is 31.9 Å². The fraction of sp³-hybridized carbons (Fsp3) is 0.125. The molecule has 0 radical (unpaired) electrons. The van der Waals surface area contributed by atoms with Crippen LogP contribution in [-0.4, -0.2) is 17.7 Å². The topological polar surface area (TPSA) is 41.8 Å². The highest BCUT2D eigenvalue weighted by molar-refractivity contribution is 6.51. The van der Waals surface area contributed by atoms with Crippen LogP contribution in [0.2, 0.25) is 0 Å². The van der Waals surface area contributed by atoms with E-state index >= 15 is 0 Å². The quantitative estimate of drug-likeness (QED) is 0.347. The van der Waals surface area contributed by atoms with Crippen LogP contribution in [0.15, 0.2) is 83.0 Å². The average molecular weight is 354 g/mol. The monoisotopic (exact) mass is 354 g/mol. The summed E-state index contributed by atoms with van der Waals surface area (Å²) in [6, 6.07) is 22.8. The molecule has 0 bridgehead atoms. The Kier molecular flexibility index (Phi) is 5.72. The van der Waals surface area contributed by atoms with Crippen molar-refractivity contribution in [2.45, 2.75) is 20.8 Å². The predicted molar refractivity (Wildman–Crippen MR) is 112 cm³/mol. The van der Waals surface area contributed by atoms with E-state index in [1.165, 1.54) is 5.56 Å². The summed E-state index contributed by atoms with van der Waals surface area (Å²) >= 11 is 0. The molecule has 0 aliphatic carbocycles. The van der Waals surface area contributed by atoms with Crippen LogP contribution >= 0.6 is 0 Å². The van der Waals surface area contributed by atoms with E-state index in [1.807, 2.05) is 48.5 Å². The van der Waals surface area contributed by atoms with Gasteiger partial charge in [0.15, 0.2) is 0 Å². The fourth-order valence-electron chi connectivity index (χ4n) is 3.10. The molecule has 0 aliphatic rings. The third-order valence-corrected chi connectivity index (χ3v) is 4.38. The summed E-state index contributed by atoms with van der Waals surface area (Å²) in [7, 11) is 0. The Morgan fingerprint density at radius 3 is 1.85 bits per heavy atom. The lowest BCUT2D eigenvalue weighted by Gasteiger charge is -2.06.